The summed E-state index contributed by atoms with van der Waals surface area (Å²) in [6.07, 6.45) is 52.0. The zero-order chi connectivity index (χ0) is 27.6. The third-order valence-electron chi connectivity index (χ3n) is 8.13. The quantitative estimate of drug-likeness (QED) is 0.0780. The van der Waals surface area contributed by atoms with Crippen LogP contribution in [0.25, 0.3) is 0 Å². The molecule has 0 spiro atoms. The van der Waals surface area contributed by atoms with E-state index in [1.807, 2.05) is 0 Å². The average molecular weight is 532 g/mol. The fraction of sp³-hybridized carbons (Fsp3) is 0.892. The molecule has 0 amide bonds. The number of unbranched alkanes of at least 4 members (excludes halogenated alkanes) is 28. The van der Waals surface area contributed by atoms with E-state index in [0.29, 0.717) is 0 Å². The molecule has 0 fully saturated rings. The molecule has 1 heteroatoms. The molecule has 0 heterocycles. The number of rotatable bonds is 32. The van der Waals surface area contributed by atoms with E-state index in [0.717, 1.165) is 0 Å². The highest BCUT2D eigenvalue weighted by atomic mass is 15.0. The predicted octanol–water partition coefficient (Wildman–Crippen LogP) is 13.7. The van der Waals surface area contributed by atoms with Crippen molar-refractivity contribution in [2.75, 3.05) is 7.05 Å². The molecule has 0 aromatic heterocycles. The standard InChI is InChI=1S/C37H73N/c1-4-6-8-10-12-14-16-18-20-22-24-26-28-30-32-34-36-38(3)37-35-33-31-29-27-25-23-21-19-17-15-13-11-9-7-5-2/h34-37H,4-33H2,1-3H3. The number of hydrogen-bond donors (Lipinski definition) is 0. The van der Waals surface area contributed by atoms with Crippen molar-refractivity contribution in [3.63, 3.8) is 0 Å². The molecule has 0 N–H and O–H groups in total. The van der Waals surface area contributed by atoms with Crippen LogP contribution in [0.3, 0.4) is 0 Å². The summed E-state index contributed by atoms with van der Waals surface area (Å²) >= 11 is 0. The minimum absolute atomic E-state index is 1.23. The van der Waals surface area contributed by atoms with Gasteiger partial charge in [0.25, 0.3) is 0 Å². The van der Waals surface area contributed by atoms with Gasteiger partial charge in [-0.25, -0.2) is 0 Å². The first-order valence-corrected chi connectivity index (χ1v) is 17.9. The van der Waals surface area contributed by atoms with Gasteiger partial charge in [0.2, 0.25) is 0 Å². The van der Waals surface area contributed by atoms with Gasteiger partial charge in [0, 0.05) is 7.05 Å². The molecule has 226 valence electrons. The van der Waals surface area contributed by atoms with E-state index in [2.05, 4.69) is 50.3 Å². The second-order valence-electron chi connectivity index (χ2n) is 12.2. The second kappa shape index (κ2) is 34.3. The summed E-state index contributed by atoms with van der Waals surface area (Å²) in [5.41, 5.74) is 0. The summed E-state index contributed by atoms with van der Waals surface area (Å²) in [5.74, 6) is 0. The van der Waals surface area contributed by atoms with Crippen molar-refractivity contribution in [2.24, 2.45) is 0 Å². The van der Waals surface area contributed by atoms with Crippen molar-refractivity contribution >= 4 is 0 Å². The summed E-state index contributed by atoms with van der Waals surface area (Å²) in [6, 6.07) is 0. The summed E-state index contributed by atoms with van der Waals surface area (Å²) in [5, 5.41) is 0. The summed E-state index contributed by atoms with van der Waals surface area (Å²) in [4.78, 5) is 2.23. The fourth-order valence-corrected chi connectivity index (χ4v) is 5.44. The van der Waals surface area contributed by atoms with E-state index >= 15 is 0 Å². The van der Waals surface area contributed by atoms with Gasteiger partial charge in [0.05, 0.1) is 0 Å². The molecule has 1 nitrogen and oxygen atoms in total. The summed E-state index contributed by atoms with van der Waals surface area (Å²) in [6.45, 7) is 4.60. The highest BCUT2D eigenvalue weighted by Crippen LogP contribution is 2.15. The minimum atomic E-state index is 1.23. The largest absolute Gasteiger partial charge is 0.358 e. The Kier molecular flexibility index (Phi) is 33.7. The van der Waals surface area contributed by atoms with Gasteiger partial charge < -0.3 is 4.90 Å². The van der Waals surface area contributed by atoms with Gasteiger partial charge in [-0.15, -0.1) is 0 Å². The van der Waals surface area contributed by atoms with Crippen molar-refractivity contribution in [3.8, 4) is 0 Å². The van der Waals surface area contributed by atoms with Crippen LogP contribution in [0.4, 0.5) is 0 Å². The Labute approximate surface area is 242 Å². The Morgan fingerprint density at radius 1 is 0.316 bits per heavy atom. The molecule has 0 aromatic rings. The fourth-order valence-electron chi connectivity index (χ4n) is 5.44. The van der Waals surface area contributed by atoms with E-state index < -0.39 is 0 Å². The van der Waals surface area contributed by atoms with E-state index in [9.17, 15) is 0 Å². The van der Waals surface area contributed by atoms with Crippen molar-refractivity contribution in [1.29, 1.82) is 0 Å². The first-order valence-electron chi connectivity index (χ1n) is 17.9. The van der Waals surface area contributed by atoms with Crippen molar-refractivity contribution < 1.29 is 0 Å². The van der Waals surface area contributed by atoms with Crippen LogP contribution in [0.1, 0.15) is 206 Å². The molecule has 0 unspecified atom stereocenters. The van der Waals surface area contributed by atoms with E-state index in [1.54, 1.807) is 0 Å². The number of allylic oxidation sites excluding steroid dienone is 2. The molecule has 0 aliphatic carbocycles. The molecule has 0 bridgehead atoms. The van der Waals surface area contributed by atoms with Gasteiger partial charge in [-0.1, -0.05) is 193 Å². The average Bonchev–Trinajstić information content (AvgIpc) is 2.92. The zero-order valence-corrected chi connectivity index (χ0v) is 27.0. The lowest BCUT2D eigenvalue weighted by Gasteiger charge is -2.07. The van der Waals surface area contributed by atoms with Crippen LogP contribution in [0.15, 0.2) is 24.6 Å². The molecular formula is C37H73N. The molecule has 0 saturated heterocycles. The van der Waals surface area contributed by atoms with Gasteiger partial charge in [-0.2, -0.15) is 0 Å². The second-order valence-corrected chi connectivity index (χ2v) is 12.2. The SMILES string of the molecule is CCCCCCCCCCCCCCCCC=CN(C)C=CCCCCCCCCCCCCCCCC. The van der Waals surface area contributed by atoms with Crippen molar-refractivity contribution in [3.05, 3.63) is 24.6 Å². The van der Waals surface area contributed by atoms with Gasteiger partial charge in [-0.3, -0.25) is 0 Å². The molecule has 0 aromatic carbocycles. The third kappa shape index (κ3) is 33.3. The first kappa shape index (κ1) is 37.3. The molecule has 0 aliphatic heterocycles. The van der Waals surface area contributed by atoms with E-state index in [1.165, 1.54) is 193 Å². The van der Waals surface area contributed by atoms with Gasteiger partial charge in [0.15, 0.2) is 0 Å². The van der Waals surface area contributed by atoms with Gasteiger partial charge in [0.1, 0.15) is 0 Å². The normalized spacial score (nSPS) is 11.9. The van der Waals surface area contributed by atoms with Crippen LogP contribution in [-0.4, -0.2) is 11.9 Å². The summed E-state index contributed by atoms with van der Waals surface area (Å²) < 4.78 is 0. The highest BCUT2D eigenvalue weighted by molar-refractivity contribution is 4.90. The van der Waals surface area contributed by atoms with Crippen LogP contribution in [0.2, 0.25) is 0 Å². The van der Waals surface area contributed by atoms with E-state index in [-0.39, 0.29) is 0 Å². The molecule has 0 aliphatic rings. The monoisotopic (exact) mass is 532 g/mol. The zero-order valence-electron chi connectivity index (χ0n) is 27.0. The highest BCUT2D eigenvalue weighted by Gasteiger charge is 1.95. The van der Waals surface area contributed by atoms with Crippen LogP contribution in [0, 0.1) is 0 Å². The van der Waals surface area contributed by atoms with Crippen LogP contribution < -0.4 is 0 Å². The molecule has 0 saturated carbocycles. The van der Waals surface area contributed by atoms with Crippen LogP contribution in [-0.2, 0) is 0 Å². The first-order chi connectivity index (χ1) is 18.8. The maximum absolute atomic E-state index is 2.36. The topological polar surface area (TPSA) is 3.24 Å². The van der Waals surface area contributed by atoms with Crippen molar-refractivity contribution in [1.82, 2.24) is 4.90 Å². The molecular weight excluding hydrogens is 458 g/mol. The Morgan fingerprint density at radius 2 is 0.526 bits per heavy atom. The summed E-state index contributed by atoms with van der Waals surface area (Å²) in [7, 11) is 2.17. The Morgan fingerprint density at radius 3 is 0.763 bits per heavy atom. The predicted molar refractivity (Wildman–Crippen MR) is 176 cm³/mol. The van der Waals surface area contributed by atoms with Crippen LogP contribution in [0.5, 0.6) is 0 Å². The number of nitrogens with zero attached hydrogens (tertiary/aromatic N) is 1. The maximum Gasteiger partial charge on any atom is 0.0106 e. The minimum Gasteiger partial charge on any atom is -0.358 e. The lowest BCUT2D eigenvalue weighted by atomic mass is 10.0. The lowest BCUT2D eigenvalue weighted by Crippen LogP contribution is -1.99. The number of hydrogen-bond acceptors (Lipinski definition) is 1. The molecule has 0 rings (SSSR count). The molecule has 0 atom stereocenters. The van der Waals surface area contributed by atoms with Crippen LogP contribution >= 0.6 is 0 Å². The smallest absolute Gasteiger partial charge is 0.0106 e. The molecule has 0 radical (unpaired) electrons. The van der Waals surface area contributed by atoms with Gasteiger partial charge >= 0.3 is 0 Å². The maximum atomic E-state index is 2.36. The Bertz CT molecular complexity index is 423. The lowest BCUT2D eigenvalue weighted by molar-refractivity contribution is 0.535. The molecule has 38 heavy (non-hydrogen) atoms. The Hall–Kier alpha value is -0.720. The Balaban J connectivity index is 3.28. The van der Waals surface area contributed by atoms with Crippen molar-refractivity contribution in [2.45, 2.75) is 206 Å². The van der Waals surface area contributed by atoms with Gasteiger partial charge in [-0.05, 0) is 38.1 Å². The van der Waals surface area contributed by atoms with E-state index in [4.69, 9.17) is 0 Å². The third-order valence-corrected chi connectivity index (χ3v) is 8.13.